The molecule has 0 aliphatic carbocycles. The van der Waals surface area contributed by atoms with E-state index >= 15 is 0 Å². The van der Waals surface area contributed by atoms with E-state index in [0.29, 0.717) is 57.5 Å². The van der Waals surface area contributed by atoms with Gasteiger partial charge in [-0.15, -0.1) is 0 Å². The normalized spacial score (nSPS) is 18.8. The first-order valence-electron chi connectivity index (χ1n) is 9.74. The van der Waals surface area contributed by atoms with Gasteiger partial charge >= 0.3 is 0 Å². The number of hydrogen-bond donors (Lipinski definition) is 1. The van der Waals surface area contributed by atoms with Crippen LogP contribution in [0.2, 0.25) is 10.0 Å². The molecule has 31 heavy (non-hydrogen) atoms. The molecule has 0 amide bonds. The lowest BCUT2D eigenvalue weighted by Gasteiger charge is -2.35. The van der Waals surface area contributed by atoms with E-state index in [4.69, 9.17) is 43.1 Å². The number of hydrogen-bond acceptors (Lipinski definition) is 8. The monoisotopic (exact) mass is 463 g/mol. The second-order valence-electron chi connectivity index (χ2n) is 7.29. The fourth-order valence-electron chi connectivity index (χ4n) is 3.63. The summed E-state index contributed by atoms with van der Waals surface area (Å²) in [4.78, 5) is 15.7. The SMILES string of the molecule is COc1cc(OC)c(Cl)c(-c2cc3cnc(N(C)[C@@H]4COCC[C@@H]4N)nc3cn2)c1Cl. The smallest absolute Gasteiger partial charge is 0.226 e. The summed E-state index contributed by atoms with van der Waals surface area (Å²) >= 11 is 13.1. The Morgan fingerprint density at radius 1 is 1.10 bits per heavy atom. The van der Waals surface area contributed by atoms with Crippen LogP contribution in [0.1, 0.15) is 6.42 Å². The molecule has 1 aliphatic heterocycles. The summed E-state index contributed by atoms with van der Waals surface area (Å²) in [5.41, 5.74) is 8.03. The lowest BCUT2D eigenvalue weighted by molar-refractivity contribution is 0.0692. The number of anilines is 1. The number of benzene rings is 1. The van der Waals surface area contributed by atoms with Crippen LogP contribution in [-0.2, 0) is 4.74 Å². The van der Waals surface area contributed by atoms with Crippen LogP contribution in [0, 0.1) is 0 Å². The Labute approximate surface area is 190 Å². The van der Waals surface area contributed by atoms with Crippen LogP contribution in [0.15, 0.2) is 24.5 Å². The van der Waals surface area contributed by atoms with E-state index in [1.807, 2.05) is 18.0 Å². The Bertz CT molecular complexity index is 1090. The molecule has 2 aromatic heterocycles. The number of methoxy groups -OCH3 is 2. The Morgan fingerprint density at radius 2 is 1.81 bits per heavy atom. The first kappa shape index (κ1) is 21.8. The van der Waals surface area contributed by atoms with Gasteiger partial charge < -0.3 is 24.8 Å². The first-order chi connectivity index (χ1) is 14.9. The lowest BCUT2D eigenvalue weighted by atomic mass is 10.0. The number of halogens is 2. The predicted octanol–water partition coefficient (Wildman–Crippen LogP) is 3.57. The maximum absolute atomic E-state index is 6.53. The minimum Gasteiger partial charge on any atom is -0.495 e. The summed E-state index contributed by atoms with van der Waals surface area (Å²) in [5, 5.41) is 1.49. The quantitative estimate of drug-likeness (QED) is 0.613. The van der Waals surface area contributed by atoms with Crippen LogP contribution >= 0.6 is 23.2 Å². The maximum atomic E-state index is 6.53. The molecule has 1 aliphatic rings. The van der Waals surface area contributed by atoms with Crippen molar-refractivity contribution in [2.24, 2.45) is 5.73 Å². The fourth-order valence-corrected chi connectivity index (χ4v) is 4.32. The minimum absolute atomic E-state index is 0.00544. The van der Waals surface area contributed by atoms with Crippen molar-refractivity contribution in [3.63, 3.8) is 0 Å². The van der Waals surface area contributed by atoms with E-state index in [-0.39, 0.29) is 12.1 Å². The highest BCUT2D eigenvalue weighted by atomic mass is 35.5. The van der Waals surface area contributed by atoms with Gasteiger partial charge in [-0.2, -0.15) is 0 Å². The zero-order valence-electron chi connectivity index (χ0n) is 17.4. The van der Waals surface area contributed by atoms with Gasteiger partial charge in [-0.05, 0) is 12.5 Å². The van der Waals surface area contributed by atoms with E-state index in [1.165, 1.54) is 14.2 Å². The molecule has 0 bridgehead atoms. The Kier molecular flexibility index (Phi) is 6.34. The summed E-state index contributed by atoms with van der Waals surface area (Å²) < 4.78 is 16.3. The number of fused-ring (bicyclic) bond motifs is 1. The highest BCUT2D eigenvalue weighted by Crippen LogP contribution is 2.45. The Morgan fingerprint density at radius 3 is 2.45 bits per heavy atom. The summed E-state index contributed by atoms with van der Waals surface area (Å²) in [6.45, 7) is 1.22. The first-order valence-corrected chi connectivity index (χ1v) is 10.5. The van der Waals surface area contributed by atoms with Crippen molar-refractivity contribution in [3.8, 4) is 22.8 Å². The van der Waals surface area contributed by atoms with Gasteiger partial charge in [0.15, 0.2) is 0 Å². The van der Waals surface area contributed by atoms with Crippen LogP contribution in [0.4, 0.5) is 5.95 Å². The predicted molar refractivity (Wildman–Crippen MR) is 121 cm³/mol. The van der Waals surface area contributed by atoms with E-state index in [0.717, 1.165) is 11.8 Å². The van der Waals surface area contributed by atoms with Gasteiger partial charge in [-0.1, -0.05) is 23.2 Å². The molecule has 10 heteroatoms. The second-order valence-corrected chi connectivity index (χ2v) is 8.04. The Balaban J connectivity index is 1.73. The van der Waals surface area contributed by atoms with Crippen molar-refractivity contribution in [1.29, 1.82) is 0 Å². The molecule has 3 heterocycles. The van der Waals surface area contributed by atoms with Gasteiger partial charge in [-0.3, -0.25) is 4.98 Å². The van der Waals surface area contributed by atoms with Crippen molar-refractivity contribution in [1.82, 2.24) is 15.0 Å². The van der Waals surface area contributed by atoms with Gasteiger partial charge in [0.2, 0.25) is 5.95 Å². The van der Waals surface area contributed by atoms with Crippen molar-refractivity contribution in [2.45, 2.75) is 18.5 Å². The van der Waals surface area contributed by atoms with Gasteiger partial charge in [0.25, 0.3) is 0 Å². The number of pyridine rings is 1. The van der Waals surface area contributed by atoms with Crippen LogP contribution in [-0.4, -0.2) is 61.5 Å². The minimum atomic E-state index is 0.00544. The number of aromatic nitrogens is 3. The third-order valence-electron chi connectivity index (χ3n) is 5.47. The zero-order chi connectivity index (χ0) is 22.1. The van der Waals surface area contributed by atoms with E-state index in [2.05, 4.69) is 15.0 Å². The summed E-state index contributed by atoms with van der Waals surface area (Å²) in [6.07, 6.45) is 4.21. The average molecular weight is 464 g/mol. The molecule has 3 aromatic rings. The Hall–Kier alpha value is -2.39. The van der Waals surface area contributed by atoms with Crippen molar-refractivity contribution >= 4 is 40.1 Å². The zero-order valence-corrected chi connectivity index (χ0v) is 18.9. The van der Waals surface area contributed by atoms with Crippen molar-refractivity contribution in [3.05, 3.63) is 34.6 Å². The highest BCUT2D eigenvalue weighted by molar-refractivity contribution is 6.41. The molecular weight excluding hydrogens is 441 g/mol. The molecule has 0 saturated carbocycles. The van der Waals surface area contributed by atoms with Crippen LogP contribution < -0.4 is 20.1 Å². The summed E-state index contributed by atoms with van der Waals surface area (Å²) in [5.74, 6) is 1.45. The number of likely N-dealkylation sites (N-methyl/N-ethyl adjacent to an activating group) is 1. The van der Waals surface area contributed by atoms with Crippen LogP contribution in [0.3, 0.4) is 0 Å². The largest absolute Gasteiger partial charge is 0.495 e. The molecule has 0 spiro atoms. The summed E-state index contributed by atoms with van der Waals surface area (Å²) in [7, 11) is 4.98. The van der Waals surface area contributed by atoms with Crippen LogP contribution in [0.25, 0.3) is 22.2 Å². The molecule has 1 saturated heterocycles. The molecule has 4 rings (SSSR count). The van der Waals surface area contributed by atoms with Gasteiger partial charge in [0.1, 0.15) is 11.5 Å². The van der Waals surface area contributed by atoms with Crippen molar-refractivity contribution < 1.29 is 14.2 Å². The van der Waals surface area contributed by atoms with Gasteiger partial charge in [0.05, 0.1) is 54.3 Å². The topological polar surface area (TPSA) is 95.6 Å². The van der Waals surface area contributed by atoms with Gasteiger partial charge in [-0.25, -0.2) is 9.97 Å². The van der Waals surface area contributed by atoms with Crippen molar-refractivity contribution in [2.75, 3.05) is 39.4 Å². The third-order valence-corrected chi connectivity index (χ3v) is 6.23. The molecule has 1 aromatic carbocycles. The summed E-state index contributed by atoms with van der Waals surface area (Å²) in [6, 6.07) is 3.49. The lowest BCUT2D eigenvalue weighted by Crippen LogP contribution is -2.52. The highest BCUT2D eigenvalue weighted by Gasteiger charge is 2.28. The van der Waals surface area contributed by atoms with E-state index < -0.39 is 0 Å². The average Bonchev–Trinajstić information content (AvgIpc) is 2.79. The molecule has 2 atom stereocenters. The fraction of sp³-hybridized carbons (Fsp3) is 0.381. The van der Waals surface area contributed by atoms with E-state index in [1.54, 1.807) is 18.5 Å². The third kappa shape index (κ3) is 4.08. The van der Waals surface area contributed by atoms with Gasteiger partial charge in [0, 0.05) is 42.9 Å². The molecule has 0 radical (unpaired) electrons. The molecule has 0 unspecified atom stereocenters. The number of rotatable bonds is 5. The molecule has 1 fully saturated rings. The maximum Gasteiger partial charge on any atom is 0.226 e. The molecule has 2 N–H and O–H groups in total. The van der Waals surface area contributed by atoms with E-state index in [9.17, 15) is 0 Å². The standard InChI is InChI=1S/C21H23Cl2N5O3/c1-28(15-10-31-5-4-12(15)24)21-26-8-11-6-13(25-9-14(11)27-21)18-19(22)16(29-2)7-17(30-3)20(18)23/h6-9,12,15H,4-5,10,24H2,1-3H3/t12-,15+/m0/s1. The number of nitrogens with two attached hydrogens (primary N) is 1. The molecule has 8 nitrogen and oxygen atoms in total. The molecule has 164 valence electrons. The number of nitrogens with zero attached hydrogens (tertiary/aromatic N) is 4. The van der Waals surface area contributed by atoms with Crippen LogP contribution in [0.5, 0.6) is 11.5 Å². The second kappa shape index (κ2) is 9.00. The molecular formula is C21H23Cl2N5O3. The number of ether oxygens (including phenoxy) is 3.